The molecule has 1 aliphatic rings. The first-order chi connectivity index (χ1) is 8.22. The topological polar surface area (TPSA) is 38.5 Å². The zero-order valence-electron chi connectivity index (χ0n) is 10.2. The fraction of sp³-hybridized carbons (Fsp3) is 0.538. The third kappa shape index (κ3) is 2.96. The summed E-state index contributed by atoms with van der Waals surface area (Å²) in [7, 11) is 1.72. The molecule has 1 fully saturated rings. The molecule has 1 heterocycles. The molecule has 2 rings (SSSR count). The lowest BCUT2D eigenvalue weighted by Crippen LogP contribution is -2.21. The largest absolute Gasteiger partial charge is 0.384 e. The monoisotopic (exact) mass is 238 g/mol. The third-order valence-corrected chi connectivity index (χ3v) is 3.23. The Balaban J connectivity index is 2.10. The highest BCUT2D eigenvalue weighted by molar-refractivity contribution is 5.50. The first kappa shape index (κ1) is 12.3. The lowest BCUT2D eigenvalue weighted by Gasteiger charge is -2.19. The molecule has 0 saturated carbocycles. The van der Waals surface area contributed by atoms with Crippen molar-refractivity contribution in [2.75, 3.05) is 31.7 Å². The summed E-state index contributed by atoms with van der Waals surface area (Å²) < 4.78 is 18.6. The van der Waals surface area contributed by atoms with Crippen LogP contribution in [0.5, 0.6) is 0 Å². The molecule has 3 nitrogen and oxygen atoms in total. The molecule has 1 aliphatic heterocycles. The van der Waals surface area contributed by atoms with Crippen molar-refractivity contribution in [3.63, 3.8) is 0 Å². The Morgan fingerprint density at radius 1 is 1.47 bits per heavy atom. The molecular weight excluding hydrogens is 219 g/mol. The molecule has 1 unspecified atom stereocenters. The van der Waals surface area contributed by atoms with Gasteiger partial charge in [-0.15, -0.1) is 0 Å². The number of halogens is 1. The number of hydrogen-bond acceptors (Lipinski definition) is 3. The van der Waals surface area contributed by atoms with Gasteiger partial charge in [-0.2, -0.15) is 0 Å². The molecule has 0 aromatic heterocycles. The van der Waals surface area contributed by atoms with Gasteiger partial charge in [0.1, 0.15) is 5.82 Å². The second-order valence-corrected chi connectivity index (χ2v) is 4.58. The van der Waals surface area contributed by atoms with Gasteiger partial charge in [-0.25, -0.2) is 4.39 Å². The maximum atomic E-state index is 13.4. The highest BCUT2D eigenvalue weighted by atomic mass is 19.1. The number of hydrogen-bond donors (Lipinski definition) is 1. The van der Waals surface area contributed by atoms with Gasteiger partial charge in [0, 0.05) is 38.3 Å². The zero-order valence-corrected chi connectivity index (χ0v) is 10.2. The molecule has 0 radical (unpaired) electrons. The zero-order chi connectivity index (χ0) is 12.3. The molecule has 1 aromatic rings. The molecule has 1 aromatic carbocycles. The fourth-order valence-electron chi connectivity index (χ4n) is 2.37. The van der Waals surface area contributed by atoms with Crippen LogP contribution < -0.4 is 10.6 Å². The number of nitrogens with zero attached hydrogens (tertiary/aromatic N) is 1. The average Bonchev–Trinajstić information content (AvgIpc) is 2.77. The number of anilines is 1. The van der Waals surface area contributed by atoms with E-state index in [1.807, 2.05) is 6.07 Å². The Kier molecular flexibility index (Phi) is 3.97. The Bertz CT molecular complexity index is 384. The first-order valence-corrected chi connectivity index (χ1v) is 5.96. The molecule has 2 N–H and O–H groups in total. The number of benzene rings is 1. The quantitative estimate of drug-likeness (QED) is 0.868. The van der Waals surface area contributed by atoms with Crippen molar-refractivity contribution in [3.8, 4) is 0 Å². The molecule has 0 bridgehead atoms. The smallest absolute Gasteiger partial charge is 0.125 e. The van der Waals surface area contributed by atoms with Crippen molar-refractivity contribution in [1.29, 1.82) is 0 Å². The van der Waals surface area contributed by atoms with Gasteiger partial charge in [-0.05, 0) is 30.2 Å². The summed E-state index contributed by atoms with van der Waals surface area (Å²) in [4.78, 5) is 2.20. The van der Waals surface area contributed by atoms with E-state index >= 15 is 0 Å². The van der Waals surface area contributed by atoms with Crippen LogP contribution in [0.25, 0.3) is 0 Å². The van der Waals surface area contributed by atoms with Gasteiger partial charge in [0.15, 0.2) is 0 Å². The van der Waals surface area contributed by atoms with Crippen molar-refractivity contribution in [2.45, 2.75) is 13.0 Å². The van der Waals surface area contributed by atoms with E-state index < -0.39 is 0 Å². The molecule has 1 atom stereocenters. The molecule has 4 heteroatoms. The Labute approximate surface area is 101 Å². The molecular formula is C13H19FN2O. The van der Waals surface area contributed by atoms with Crippen LogP contribution in [0.1, 0.15) is 12.0 Å². The minimum atomic E-state index is -0.210. The van der Waals surface area contributed by atoms with E-state index in [0.717, 1.165) is 37.4 Å². The summed E-state index contributed by atoms with van der Waals surface area (Å²) in [5, 5.41) is 0. The van der Waals surface area contributed by atoms with Gasteiger partial charge >= 0.3 is 0 Å². The normalized spacial score (nSPS) is 19.9. The van der Waals surface area contributed by atoms with Gasteiger partial charge in [0.05, 0.1) is 6.61 Å². The van der Waals surface area contributed by atoms with Gasteiger partial charge in [-0.3, -0.25) is 0 Å². The van der Waals surface area contributed by atoms with Crippen molar-refractivity contribution in [3.05, 3.63) is 29.6 Å². The standard InChI is InChI=1S/C13H19FN2O/c1-17-9-10-2-3-16(8-10)13-5-11(7-15)4-12(14)6-13/h4-6,10H,2-3,7-9,15H2,1H3. The maximum absolute atomic E-state index is 13.4. The second kappa shape index (κ2) is 5.47. The van der Waals surface area contributed by atoms with Crippen LogP contribution in [0.15, 0.2) is 18.2 Å². The molecule has 0 spiro atoms. The van der Waals surface area contributed by atoms with Gasteiger partial charge in [-0.1, -0.05) is 0 Å². The first-order valence-electron chi connectivity index (χ1n) is 5.96. The van der Waals surface area contributed by atoms with Crippen molar-refractivity contribution in [2.24, 2.45) is 11.7 Å². The Hall–Kier alpha value is -1.13. The number of methoxy groups -OCH3 is 1. The average molecular weight is 238 g/mol. The molecule has 0 amide bonds. The predicted molar refractivity (Wildman–Crippen MR) is 66.5 cm³/mol. The number of ether oxygens (including phenoxy) is 1. The van der Waals surface area contributed by atoms with Crippen molar-refractivity contribution in [1.82, 2.24) is 0 Å². The van der Waals surface area contributed by atoms with Gasteiger partial charge in [0.2, 0.25) is 0 Å². The maximum Gasteiger partial charge on any atom is 0.125 e. The molecule has 94 valence electrons. The summed E-state index contributed by atoms with van der Waals surface area (Å²) in [5.74, 6) is 0.336. The fourth-order valence-corrected chi connectivity index (χ4v) is 2.37. The van der Waals surface area contributed by atoms with Crippen LogP contribution >= 0.6 is 0 Å². The number of nitrogens with two attached hydrogens (primary N) is 1. The number of rotatable bonds is 4. The highest BCUT2D eigenvalue weighted by Gasteiger charge is 2.22. The second-order valence-electron chi connectivity index (χ2n) is 4.58. The van der Waals surface area contributed by atoms with E-state index in [1.165, 1.54) is 6.07 Å². The summed E-state index contributed by atoms with van der Waals surface area (Å²) in [5.41, 5.74) is 7.33. The summed E-state index contributed by atoms with van der Waals surface area (Å²) in [6.07, 6.45) is 1.10. The van der Waals surface area contributed by atoms with Crippen LogP contribution in [0.4, 0.5) is 10.1 Å². The predicted octanol–water partition coefficient (Wildman–Crippen LogP) is 1.76. The third-order valence-electron chi connectivity index (χ3n) is 3.23. The minimum Gasteiger partial charge on any atom is -0.384 e. The SMILES string of the molecule is COCC1CCN(c2cc(F)cc(CN)c2)C1. The van der Waals surface area contributed by atoms with Crippen LogP contribution in [0, 0.1) is 11.7 Å². The Morgan fingerprint density at radius 3 is 3.00 bits per heavy atom. The lowest BCUT2D eigenvalue weighted by molar-refractivity contribution is 0.161. The summed E-state index contributed by atoms with van der Waals surface area (Å²) in [6, 6.07) is 5.04. The van der Waals surface area contributed by atoms with Crippen LogP contribution in [0.3, 0.4) is 0 Å². The van der Waals surface area contributed by atoms with Crippen LogP contribution in [-0.2, 0) is 11.3 Å². The van der Waals surface area contributed by atoms with Gasteiger partial charge in [0.25, 0.3) is 0 Å². The van der Waals surface area contributed by atoms with Crippen molar-refractivity contribution >= 4 is 5.69 Å². The van der Waals surface area contributed by atoms with E-state index in [9.17, 15) is 4.39 Å². The summed E-state index contributed by atoms with van der Waals surface area (Å²) in [6.45, 7) is 3.04. The highest BCUT2D eigenvalue weighted by Crippen LogP contribution is 2.25. The van der Waals surface area contributed by atoms with E-state index in [1.54, 1.807) is 13.2 Å². The van der Waals surface area contributed by atoms with E-state index in [0.29, 0.717) is 12.5 Å². The van der Waals surface area contributed by atoms with Crippen molar-refractivity contribution < 1.29 is 9.13 Å². The lowest BCUT2D eigenvalue weighted by atomic mass is 10.1. The van der Waals surface area contributed by atoms with E-state index in [-0.39, 0.29) is 5.82 Å². The molecule has 1 saturated heterocycles. The van der Waals surface area contributed by atoms with E-state index in [2.05, 4.69) is 4.90 Å². The van der Waals surface area contributed by atoms with Crippen LogP contribution in [-0.4, -0.2) is 26.8 Å². The molecule has 0 aliphatic carbocycles. The minimum absolute atomic E-state index is 0.210. The molecule has 17 heavy (non-hydrogen) atoms. The van der Waals surface area contributed by atoms with Crippen LogP contribution in [0.2, 0.25) is 0 Å². The summed E-state index contributed by atoms with van der Waals surface area (Å²) >= 11 is 0. The van der Waals surface area contributed by atoms with Gasteiger partial charge < -0.3 is 15.4 Å². The Morgan fingerprint density at radius 2 is 2.29 bits per heavy atom. The van der Waals surface area contributed by atoms with E-state index in [4.69, 9.17) is 10.5 Å².